The molecule has 3 rings (SSSR count). The Labute approximate surface area is 163 Å². The molecule has 0 saturated heterocycles. The van der Waals surface area contributed by atoms with Crippen molar-refractivity contribution in [3.05, 3.63) is 51.7 Å². The molecule has 0 spiro atoms. The Morgan fingerprint density at radius 2 is 1.89 bits per heavy atom. The first-order valence-electron chi connectivity index (χ1n) is 9.15. The van der Waals surface area contributed by atoms with Crippen molar-refractivity contribution in [3.8, 4) is 0 Å². The lowest BCUT2D eigenvalue weighted by Gasteiger charge is -2.33. The number of benzene rings is 1. The lowest BCUT2D eigenvalue weighted by atomic mass is 9.72. The van der Waals surface area contributed by atoms with Gasteiger partial charge in [0.15, 0.2) is 0 Å². The van der Waals surface area contributed by atoms with Crippen molar-refractivity contribution in [1.82, 2.24) is 5.32 Å². The van der Waals surface area contributed by atoms with Crippen LogP contribution >= 0.6 is 11.3 Å². The number of thiophene rings is 1. The molecule has 0 bridgehead atoms. The standard InChI is InChI=1S/C21H25FN2O2S/c1-21(2,3)12-9-10-14-16(11-12)27-20(17(14)19(26)23-4)24-18(25)13-7-5-6-8-15(13)22/h5-8,12H,9-11H2,1-4H3,(H,23,26)(H,24,25)/t12-/m0/s1. The SMILES string of the molecule is CNC(=O)c1c(NC(=O)c2ccccc2F)sc2c1CC[C@H](C(C)(C)C)C2. The third kappa shape index (κ3) is 3.90. The van der Waals surface area contributed by atoms with Crippen molar-refractivity contribution in [2.75, 3.05) is 12.4 Å². The molecule has 1 aliphatic carbocycles. The van der Waals surface area contributed by atoms with Crippen molar-refractivity contribution in [2.24, 2.45) is 11.3 Å². The summed E-state index contributed by atoms with van der Waals surface area (Å²) in [6.07, 6.45) is 2.72. The summed E-state index contributed by atoms with van der Waals surface area (Å²) in [6, 6.07) is 5.85. The van der Waals surface area contributed by atoms with Crippen LogP contribution in [0.25, 0.3) is 0 Å². The third-order valence-corrected chi connectivity index (χ3v) is 6.46. The summed E-state index contributed by atoms with van der Waals surface area (Å²) in [5.41, 5.74) is 1.70. The Bertz CT molecular complexity index is 883. The Balaban J connectivity index is 1.96. The van der Waals surface area contributed by atoms with Gasteiger partial charge in [0.2, 0.25) is 0 Å². The summed E-state index contributed by atoms with van der Waals surface area (Å²) in [6.45, 7) is 6.70. The number of carbonyl (C=O) groups excluding carboxylic acids is 2. The molecule has 4 nitrogen and oxygen atoms in total. The van der Waals surface area contributed by atoms with Gasteiger partial charge in [-0.15, -0.1) is 11.3 Å². The molecule has 1 aromatic heterocycles. The van der Waals surface area contributed by atoms with Crippen LogP contribution < -0.4 is 10.6 Å². The fourth-order valence-electron chi connectivity index (χ4n) is 3.59. The molecule has 2 aromatic rings. The lowest BCUT2D eigenvalue weighted by molar-refractivity contribution is 0.0962. The number of carbonyl (C=O) groups is 2. The van der Waals surface area contributed by atoms with E-state index in [0.717, 1.165) is 29.7 Å². The van der Waals surface area contributed by atoms with Gasteiger partial charge in [0, 0.05) is 11.9 Å². The van der Waals surface area contributed by atoms with Gasteiger partial charge in [-0.2, -0.15) is 0 Å². The zero-order chi connectivity index (χ0) is 19.8. The van der Waals surface area contributed by atoms with Crippen LogP contribution in [-0.2, 0) is 12.8 Å². The Morgan fingerprint density at radius 1 is 1.19 bits per heavy atom. The van der Waals surface area contributed by atoms with E-state index in [-0.39, 0.29) is 16.9 Å². The van der Waals surface area contributed by atoms with E-state index in [2.05, 4.69) is 31.4 Å². The lowest BCUT2D eigenvalue weighted by Crippen LogP contribution is -2.27. The van der Waals surface area contributed by atoms with Crippen molar-refractivity contribution < 1.29 is 14.0 Å². The van der Waals surface area contributed by atoms with E-state index in [9.17, 15) is 14.0 Å². The van der Waals surface area contributed by atoms with E-state index in [1.807, 2.05) is 0 Å². The number of amides is 2. The largest absolute Gasteiger partial charge is 0.355 e. The van der Waals surface area contributed by atoms with Crippen LogP contribution in [0.15, 0.2) is 24.3 Å². The first kappa shape index (κ1) is 19.5. The average molecular weight is 389 g/mol. The van der Waals surface area contributed by atoms with Crippen LogP contribution in [0.2, 0.25) is 0 Å². The van der Waals surface area contributed by atoms with Crippen molar-refractivity contribution in [1.29, 1.82) is 0 Å². The number of rotatable bonds is 3. The van der Waals surface area contributed by atoms with Gasteiger partial charge in [-0.3, -0.25) is 9.59 Å². The number of fused-ring (bicyclic) bond motifs is 1. The van der Waals surface area contributed by atoms with Gasteiger partial charge in [-0.25, -0.2) is 4.39 Å². The Hall–Kier alpha value is -2.21. The molecule has 2 amide bonds. The van der Waals surface area contributed by atoms with E-state index in [1.165, 1.54) is 23.5 Å². The van der Waals surface area contributed by atoms with Crippen LogP contribution in [0, 0.1) is 17.2 Å². The van der Waals surface area contributed by atoms with Gasteiger partial charge in [0.1, 0.15) is 10.8 Å². The molecule has 0 aliphatic heterocycles. The Morgan fingerprint density at radius 3 is 2.52 bits per heavy atom. The summed E-state index contributed by atoms with van der Waals surface area (Å²) >= 11 is 1.44. The van der Waals surface area contributed by atoms with E-state index < -0.39 is 11.7 Å². The van der Waals surface area contributed by atoms with E-state index in [4.69, 9.17) is 0 Å². The zero-order valence-corrected chi connectivity index (χ0v) is 16.9. The first-order valence-corrected chi connectivity index (χ1v) is 9.96. The van der Waals surface area contributed by atoms with E-state index >= 15 is 0 Å². The van der Waals surface area contributed by atoms with Crippen LogP contribution in [0.1, 0.15) is 58.3 Å². The van der Waals surface area contributed by atoms with Gasteiger partial charge in [0.05, 0.1) is 11.1 Å². The van der Waals surface area contributed by atoms with Gasteiger partial charge in [-0.05, 0) is 48.3 Å². The fourth-order valence-corrected chi connectivity index (χ4v) is 4.91. The smallest absolute Gasteiger partial charge is 0.259 e. The number of nitrogens with one attached hydrogen (secondary N) is 2. The van der Waals surface area contributed by atoms with Crippen LogP contribution in [0.5, 0.6) is 0 Å². The predicted octanol–water partition coefficient (Wildman–Crippen LogP) is 4.65. The molecule has 2 N–H and O–H groups in total. The molecular formula is C21H25FN2O2S. The van der Waals surface area contributed by atoms with Crippen molar-refractivity contribution in [2.45, 2.75) is 40.0 Å². The van der Waals surface area contributed by atoms with E-state index in [0.29, 0.717) is 16.5 Å². The molecule has 0 saturated carbocycles. The van der Waals surface area contributed by atoms with E-state index in [1.54, 1.807) is 19.2 Å². The van der Waals surface area contributed by atoms with Crippen molar-refractivity contribution in [3.63, 3.8) is 0 Å². The minimum absolute atomic E-state index is 0.0284. The molecule has 0 unspecified atom stereocenters. The number of hydrogen-bond acceptors (Lipinski definition) is 3. The highest BCUT2D eigenvalue weighted by atomic mass is 32.1. The third-order valence-electron chi connectivity index (χ3n) is 5.29. The second-order valence-corrected chi connectivity index (χ2v) is 9.13. The minimum Gasteiger partial charge on any atom is -0.355 e. The van der Waals surface area contributed by atoms with Gasteiger partial charge in [-0.1, -0.05) is 32.9 Å². The molecule has 0 radical (unpaired) electrons. The maximum absolute atomic E-state index is 13.9. The summed E-state index contributed by atoms with van der Waals surface area (Å²) < 4.78 is 13.9. The quantitative estimate of drug-likeness (QED) is 0.804. The highest BCUT2D eigenvalue weighted by Gasteiger charge is 2.34. The van der Waals surface area contributed by atoms with Gasteiger partial charge in [0.25, 0.3) is 11.8 Å². The molecule has 27 heavy (non-hydrogen) atoms. The van der Waals surface area contributed by atoms with Crippen LogP contribution in [0.3, 0.4) is 0 Å². The molecule has 1 aromatic carbocycles. The minimum atomic E-state index is -0.578. The van der Waals surface area contributed by atoms with Crippen molar-refractivity contribution >= 4 is 28.2 Å². The highest BCUT2D eigenvalue weighted by Crippen LogP contribution is 2.44. The summed E-state index contributed by atoms with van der Waals surface area (Å²) in [5, 5.41) is 5.94. The van der Waals surface area contributed by atoms with Gasteiger partial charge >= 0.3 is 0 Å². The second kappa shape index (κ2) is 7.43. The second-order valence-electron chi connectivity index (χ2n) is 8.03. The summed E-state index contributed by atoms with van der Waals surface area (Å²) in [5.74, 6) is -0.809. The number of hydrogen-bond donors (Lipinski definition) is 2. The number of halogens is 1. The zero-order valence-electron chi connectivity index (χ0n) is 16.1. The molecule has 1 atom stereocenters. The monoisotopic (exact) mass is 388 g/mol. The average Bonchev–Trinajstić information content (AvgIpc) is 2.97. The molecule has 0 fully saturated rings. The predicted molar refractivity (Wildman–Crippen MR) is 107 cm³/mol. The molecule has 1 heterocycles. The fraction of sp³-hybridized carbons (Fsp3) is 0.429. The Kier molecular flexibility index (Phi) is 5.38. The maximum Gasteiger partial charge on any atom is 0.259 e. The highest BCUT2D eigenvalue weighted by molar-refractivity contribution is 7.17. The normalized spacial score (nSPS) is 16.6. The summed E-state index contributed by atoms with van der Waals surface area (Å²) in [7, 11) is 1.58. The van der Waals surface area contributed by atoms with Crippen LogP contribution in [0.4, 0.5) is 9.39 Å². The molecule has 1 aliphatic rings. The maximum atomic E-state index is 13.9. The molecule has 144 valence electrons. The van der Waals surface area contributed by atoms with Crippen LogP contribution in [-0.4, -0.2) is 18.9 Å². The van der Waals surface area contributed by atoms with Gasteiger partial charge < -0.3 is 10.6 Å². The first-order chi connectivity index (χ1) is 12.7. The topological polar surface area (TPSA) is 58.2 Å². The molecule has 6 heteroatoms. The summed E-state index contributed by atoms with van der Waals surface area (Å²) in [4.78, 5) is 26.2. The number of anilines is 1. The molecular weight excluding hydrogens is 363 g/mol.